The average Bonchev–Trinajstić information content (AvgIpc) is 2.79. The summed E-state index contributed by atoms with van der Waals surface area (Å²) < 4.78 is 7.25. The Balaban J connectivity index is 2.40. The van der Waals surface area contributed by atoms with Crippen molar-refractivity contribution in [2.24, 2.45) is 0 Å². The van der Waals surface area contributed by atoms with Crippen LogP contribution in [0.15, 0.2) is 4.79 Å². The van der Waals surface area contributed by atoms with Gasteiger partial charge in [-0.25, -0.2) is 4.68 Å². The third-order valence-corrected chi connectivity index (χ3v) is 5.15. The van der Waals surface area contributed by atoms with E-state index in [0.29, 0.717) is 22.4 Å². The van der Waals surface area contributed by atoms with Gasteiger partial charge in [-0.3, -0.25) is 14.6 Å². The maximum atomic E-state index is 12.7. The number of hydrogen-bond donors (Lipinski definition) is 1. The lowest BCUT2D eigenvalue weighted by atomic mass is 10.2. The first kappa shape index (κ1) is 14.6. The number of carbonyl (C=O) groups is 1. The fourth-order valence-corrected chi connectivity index (χ4v) is 3.94. The van der Waals surface area contributed by atoms with E-state index in [1.54, 1.807) is 9.58 Å². The first-order valence-corrected chi connectivity index (χ1v) is 7.80. The summed E-state index contributed by atoms with van der Waals surface area (Å²) in [6.45, 7) is 4.66. The van der Waals surface area contributed by atoms with Gasteiger partial charge >= 0.3 is 0 Å². The first-order chi connectivity index (χ1) is 9.93. The van der Waals surface area contributed by atoms with Crippen LogP contribution >= 0.6 is 22.6 Å². The molecule has 2 unspecified atom stereocenters. The summed E-state index contributed by atoms with van der Waals surface area (Å²) in [6.07, 6.45) is -0.977. The molecule has 2 atom stereocenters. The summed E-state index contributed by atoms with van der Waals surface area (Å²) in [4.78, 5) is 26.8. The smallest absolute Gasteiger partial charge is 0.278 e. The van der Waals surface area contributed by atoms with Gasteiger partial charge in [0.25, 0.3) is 5.91 Å². The summed E-state index contributed by atoms with van der Waals surface area (Å²) in [5.74, 6) is -0.209. The molecule has 8 heteroatoms. The predicted octanol–water partition coefficient (Wildman–Crippen LogP) is 0.268. The van der Waals surface area contributed by atoms with E-state index in [4.69, 9.17) is 4.74 Å². The zero-order valence-corrected chi connectivity index (χ0v) is 14.1. The number of aromatic nitrogens is 1. The molecule has 0 aromatic carbocycles. The average molecular weight is 405 g/mol. The zero-order chi connectivity index (χ0) is 15.5. The fraction of sp³-hybridized carbons (Fsp3) is 0.538. The van der Waals surface area contributed by atoms with Gasteiger partial charge in [0.15, 0.2) is 11.4 Å². The van der Waals surface area contributed by atoms with Gasteiger partial charge in [0.2, 0.25) is 5.43 Å². The normalized spacial score (nSPS) is 23.6. The molecule has 0 aliphatic carbocycles. The molecular weight excluding hydrogens is 389 g/mol. The van der Waals surface area contributed by atoms with Crippen molar-refractivity contribution in [1.82, 2.24) is 9.58 Å². The fourth-order valence-electron chi connectivity index (χ4n) is 3.10. The standard InChI is InChI=1S/C13H16IN3O4/c1-4-15-6(2)16-5-7(18)9-8(14)11(19)12(21-3)10(13(15)20)17(9)16/h6-7,18H,4-5H2,1-3H3. The van der Waals surface area contributed by atoms with E-state index in [0.717, 1.165) is 0 Å². The van der Waals surface area contributed by atoms with Crippen LogP contribution in [-0.4, -0.2) is 47.0 Å². The van der Waals surface area contributed by atoms with E-state index >= 15 is 0 Å². The number of amides is 1. The highest BCUT2D eigenvalue weighted by Crippen LogP contribution is 2.35. The Labute approximate surface area is 135 Å². The van der Waals surface area contributed by atoms with E-state index in [9.17, 15) is 14.7 Å². The molecule has 1 aromatic rings. The lowest BCUT2D eigenvalue weighted by Crippen LogP contribution is -2.59. The quantitative estimate of drug-likeness (QED) is 0.716. The van der Waals surface area contributed by atoms with Gasteiger partial charge in [0.05, 0.1) is 22.9 Å². The third kappa shape index (κ3) is 1.75. The van der Waals surface area contributed by atoms with Gasteiger partial charge in [-0.1, -0.05) is 0 Å². The van der Waals surface area contributed by atoms with Gasteiger partial charge in [-0.2, -0.15) is 0 Å². The molecule has 1 aromatic heterocycles. The summed E-state index contributed by atoms with van der Waals surface area (Å²) in [7, 11) is 1.38. The van der Waals surface area contributed by atoms with Gasteiger partial charge in [-0.15, -0.1) is 0 Å². The molecule has 2 aliphatic heterocycles. The maximum absolute atomic E-state index is 12.7. The Bertz CT molecular complexity index is 687. The largest absolute Gasteiger partial charge is 0.491 e. The number of halogens is 1. The summed E-state index contributed by atoms with van der Waals surface area (Å²) in [6, 6.07) is 0. The Morgan fingerprint density at radius 2 is 2.10 bits per heavy atom. The molecule has 0 saturated heterocycles. The van der Waals surface area contributed by atoms with Gasteiger partial charge in [-0.05, 0) is 36.4 Å². The maximum Gasteiger partial charge on any atom is 0.278 e. The molecule has 3 rings (SSSR count). The van der Waals surface area contributed by atoms with Crippen molar-refractivity contribution >= 4 is 28.5 Å². The summed E-state index contributed by atoms with van der Waals surface area (Å²) in [5, 5.41) is 12.2. The van der Waals surface area contributed by atoms with Crippen molar-refractivity contribution in [3.05, 3.63) is 25.2 Å². The lowest BCUT2D eigenvalue weighted by molar-refractivity contribution is 0.0607. The number of carbonyl (C=O) groups excluding carboxylic acids is 1. The molecule has 0 fully saturated rings. The molecule has 0 saturated carbocycles. The van der Waals surface area contributed by atoms with E-state index < -0.39 is 6.10 Å². The number of aliphatic hydroxyl groups excluding tert-OH is 1. The van der Waals surface area contributed by atoms with Crippen molar-refractivity contribution in [3.63, 3.8) is 0 Å². The van der Waals surface area contributed by atoms with Crippen LogP contribution in [0.2, 0.25) is 0 Å². The Morgan fingerprint density at radius 1 is 1.43 bits per heavy atom. The second-order valence-corrected chi connectivity index (χ2v) is 6.16. The highest BCUT2D eigenvalue weighted by molar-refractivity contribution is 14.1. The third-order valence-electron chi connectivity index (χ3n) is 4.11. The molecule has 0 radical (unpaired) electrons. The van der Waals surface area contributed by atoms with Crippen molar-refractivity contribution in [3.8, 4) is 5.75 Å². The van der Waals surface area contributed by atoms with E-state index in [2.05, 4.69) is 0 Å². The van der Waals surface area contributed by atoms with Gasteiger partial charge in [0, 0.05) is 6.54 Å². The molecule has 114 valence electrons. The highest BCUT2D eigenvalue weighted by atomic mass is 127. The van der Waals surface area contributed by atoms with E-state index in [1.165, 1.54) is 7.11 Å². The van der Waals surface area contributed by atoms with Crippen LogP contribution in [0.3, 0.4) is 0 Å². The molecule has 1 N–H and O–H groups in total. The lowest BCUT2D eigenvalue weighted by Gasteiger charge is -2.42. The molecule has 7 nitrogen and oxygen atoms in total. The number of aliphatic hydroxyl groups is 1. The SMILES string of the molecule is CCN1C(=O)c2c(OC)c(=O)c(I)c3n2N(CC3O)C1C. The van der Waals surface area contributed by atoms with Crippen LogP contribution < -0.4 is 15.2 Å². The predicted molar refractivity (Wildman–Crippen MR) is 84.2 cm³/mol. The van der Waals surface area contributed by atoms with Gasteiger partial charge in [0.1, 0.15) is 12.3 Å². The molecule has 1 amide bonds. The molecule has 21 heavy (non-hydrogen) atoms. The van der Waals surface area contributed by atoms with Crippen LogP contribution in [0.4, 0.5) is 0 Å². The summed E-state index contributed by atoms with van der Waals surface area (Å²) >= 11 is 1.91. The first-order valence-electron chi connectivity index (χ1n) is 6.72. The van der Waals surface area contributed by atoms with Gasteiger partial charge < -0.3 is 14.7 Å². The monoisotopic (exact) mass is 405 g/mol. The number of pyridine rings is 1. The van der Waals surface area contributed by atoms with Crippen LogP contribution in [0.5, 0.6) is 5.75 Å². The minimum Gasteiger partial charge on any atom is -0.491 e. The number of nitrogens with zero attached hydrogens (tertiary/aromatic N) is 3. The topological polar surface area (TPSA) is 75.0 Å². The number of hydrogen-bond acceptors (Lipinski definition) is 5. The van der Waals surface area contributed by atoms with Crippen LogP contribution in [0, 0.1) is 3.57 Å². The van der Waals surface area contributed by atoms with Crippen LogP contribution in [-0.2, 0) is 0 Å². The molecule has 3 heterocycles. The minimum absolute atomic E-state index is 0.0394. The van der Waals surface area contributed by atoms with Crippen molar-refractivity contribution in [2.45, 2.75) is 26.1 Å². The zero-order valence-electron chi connectivity index (χ0n) is 12.0. The van der Waals surface area contributed by atoms with Crippen LogP contribution in [0.1, 0.15) is 36.1 Å². The number of ether oxygens (including phenoxy) is 1. The van der Waals surface area contributed by atoms with Crippen molar-refractivity contribution < 1.29 is 14.6 Å². The molecule has 0 bridgehead atoms. The van der Waals surface area contributed by atoms with E-state index in [-0.39, 0.29) is 28.9 Å². The van der Waals surface area contributed by atoms with Crippen LogP contribution in [0.25, 0.3) is 0 Å². The molecular formula is C13H16IN3O4. The second-order valence-electron chi connectivity index (χ2n) is 5.08. The second kappa shape index (κ2) is 4.87. The summed E-state index contributed by atoms with van der Waals surface area (Å²) in [5.41, 5.74) is 0.334. The highest BCUT2D eigenvalue weighted by Gasteiger charge is 2.45. The number of methoxy groups -OCH3 is 1. The Kier molecular flexibility index (Phi) is 3.40. The Morgan fingerprint density at radius 3 is 2.67 bits per heavy atom. The molecule has 2 aliphatic rings. The molecule has 0 spiro atoms. The number of rotatable bonds is 2. The van der Waals surface area contributed by atoms with E-state index in [1.807, 2.05) is 41.4 Å². The van der Waals surface area contributed by atoms with Crippen molar-refractivity contribution in [2.75, 3.05) is 25.2 Å². The van der Waals surface area contributed by atoms with Crippen molar-refractivity contribution in [1.29, 1.82) is 0 Å². The minimum atomic E-state index is -0.790. The Hall–Kier alpha value is -1.29.